The zero-order valence-corrected chi connectivity index (χ0v) is 75.3. The fraction of sp³-hybridized carbons (Fsp3) is 0.565. The maximum absolute atomic E-state index is 15.2. The van der Waals surface area contributed by atoms with E-state index in [4.69, 9.17) is 36.8 Å². The van der Waals surface area contributed by atoms with E-state index >= 15 is 14.4 Å². The molecule has 0 bridgehead atoms. The minimum atomic E-state index is -1.74. The molecule has 42 nitrogen and oxygen atoms in total. The van der Waals surface area contributed by atoms with Gasteiger partial charge in [0.2, 0.25) is 88.6 Å². The van der Waals surface area contributed by atoms with Crippen molar-refractivity contribution in [2.24, 2.45) is 29.2 Å². The largest absolute Gasteiger partial charge is 0.481 e. The lowest BCUT2D eigenvalue weighted by atomic mass is 9.98. The SMILES string of the molecule is C#CCCCC(=O)NCCOCCOCCOCCOCCNC(=O)CC[C@@H]1NC(=O)CNC(=O)[C@H](CC(C)C)NC(=O)[C@H](Cc2cnc[nH]2)NC(=O)[C@H](Cc2c[nH]c3ccccc23)NC(=O)[C@H](C)NC(=O)[C@@H](NC(=O)[C@@H](N)CC(=O)O)CSSC[C@@H](C(=O)N[C@H](C(N)=O)[C@@H](C)O)NC(=O)[C@H](Cc2c[nH]c3ccccc23)NC(=O)[C@H](C(C)C)NC(=O)[C@H](CC(C)C)NC1=O. The normalized spacial score (nSPS) is 21.1. The Morgan fingerprint density at radius 2 is 1.06 bits per heavy atom. The van der Waals surface area contributed by atoms with Crippen LogP contribution in [0, 0.1) is 30.1 Å². The Kier molecular flexibility index (Phi) is 45.9. The molecule has 708 valence electrons. The number of carbonyl (C=O) groups excluding carboxylic acids is 15. The molecule has 5 aromatic rings. The number of aliphatic carboxylic acids is 1. The maximum Gasteiger partial charge on any atom is 0.305 e. The van der Waals surface area contributed by atoms with Crippen LogP contribution < -0.4 is 85.9 Å². The molecule has 3 aromatic heterocycles. The number of hydrogen-bond donors (Lipinski definition) is 21. The van der Waals surface area contributed by atoms with Gasteiger partial charge in [-0.25, -0.2) is 4.98 Å². The van der Waals surface area contributed by atoms with Crippen LogP contribution in [-0.4, -0.2) is 287 Å². The summed E-state index contributed by atoms with van der Waals surface area (Å²) in [5.74, 6) is -15.2. The highest BCUT2D eigenvalue weighted by Gasteiger charge is 2.39. The molecule has 2 aromatic carbocycles. The second-order valence-corrected chi connectivity index (χ2v) is 34.6. The average Bonchev–Trinajstić information content (AvgIpc) is 1.68. The Balaban J connectivity index is 1.34. The number of aromatic amines is 3. The number of amides is 15. The Morgan fingerprint density at radius 3 is 1.58 bits per heavy atom. The third-order valence-corrected chi connectivity index (χ3v) is 22.5. The topological polar surface area (TPSA) is 631 Å². The number of nitrogens with two attached hydrogens (primary N) is 2. The lowest BCUT2D eigenvalue weighted by Gasteiger charge is -2.29. The highest BCUT2D eigenvalue weighted by molar-refractivity contribution is 8.76. The fourth-order valence-electron chi connectivity index (χ4n) is 13.2. The first-order valence-electron chi connectivity index (χ1n) is 42.7. The fourth-order valence-corrected chi connectivity index (χ4v) is 15.6. The summed E-state index contributed by atoms with van der Waals surface area (Å²) in [6, 6.07) is -5.27. The molecule has 0 saturated carbocycles. The first-order chi connectivity index (χ1) is 61.5. The Morgan fingerprint density at radius 1 is 0.574 bits per heavy atom. The smallest absolute Gasteiger partial charge is 0.305 e. The molecule has 13 atom stereocenters. The van der Waals surface area contributed by atoms with Crippen molar-refractivity contribution in [3.05, 3.63) is 90.3 Å². The van der Waals surface area contributed by atoms with Crippen molar-refractivity contribution in [2.45, 2.75) is 205 Å². The number of fused-ring (bicyclic) bond motifs is 2. The number of imidazole rings is 1. The van der Waals surface area contributed by atoms with E-state index in [9.17, 15) is 72.5 Å². The van der Waals surface area contributed by atoms with Gasteiger partial charge in [-0.3, -0.25) is 76.7 Å². The van der Waals surface area contributed by atoms with Gasteiger partial charge in [0.1, 0.15) is 66.5 Å². The number of nitrogens with one attached hydrogen (secondary N) is 17. The standard InChI is InChI=1S/C85H124N20O22S2/c1-10-11-12-21-68(107)89-24-26-124-28-30-126-32-33-127-31-29-125-27-25-90-69(108)23-22-60-78(116)99-62(35-48(4)5)82(120)104-72(49(6)7)85(123)101-64(37-53-41-92-59-20-16-14-18-56(53)59)80(118)103-67(84(122)105-73(51(9)106)74(87)112)45-129-128-44-66(102-76(114)57(86)39-71(110)111)83(121)95-50(8)75(113)97-63(36-52-40-91-58-19-15-13-17-55(52)58)79(117)100-65(38-54-42-88-46-94-54)81(119)98-61(34-47(2)3)77(115)93-43-70(109)96-60/h1,13-20,40-42,46-51,57,60-67,72-73,91-92,106H,11-12,21-39,43-45,86H2,2-9H3,(H2,87,112)(H,88,94)(H,89,107)(H,90,108)(H,93,115)(H,95,121)(H,96,109)(H,97,113)(H,98,119)(H,99,116)(H,100,117)(H,101,123)(H,102,114)(H,103,118)(H,104,120)(H,105,122)(H,110,111)/t50-,51+,57-,60-,61-,62-,63-,64-,65-,66-,67-,72-,73-/m0/s1. The lowest BCUT2D eigenvalue weighted by molar-refractivity contribution is -0.140. The average molecular weight is 1840 g/mol. The van der Waals surface area contributed by atoms with Crippen molar-refractivity contribution in [1.82, 2.24) is 94.4 Å². The summed E-state index contributed by atoms with van der Waals surface area (Å²) in [5, 5.41) is 58.1. The zero-order chi connectivity index (χ0) is 94.7. The predicted molar refractivity (Wildman–Crippen MR) is 477 cm³/mol. The van der Waals surface area contributed by atoms with Gasteiger partial charge in [-0.2, -0.15) is 0 Å². The first kappa shape index (κ1) is 106. The number of carbonyl (C=O) groups is 16. The van der Waals surface area contributed by atoms with Gasteiger partial charge in [0.25, 0.3) is 0 Å². The number of ether oxygens (including phenoxy) is 4. The van der Waals surface area contributed by atoms with Crippen LogP contribution in [-0.2, 0) is 115 Å². The third-order valence-electron chi connectivity index (χ3n) is 20.1. The summed E-state index contributed by atoms with van der Waals surface area (Å²) >= 11 is 0. The third kappa shape index (κ3) is 37.9. The highest BCUT2D eigenvalue weighted by atomic mass is 33.1. The Labute approximate surface area is 754 Å². The van der Waals surface area contributed by atoms with Crippen molar-refractivity contribution in [1.29, 1.82) is 0 Å². The number of carboxylic acids is 1. The van der Waals surface area contributed by atoms with Crippen molar-refractivity contribution in [2.75, 3.05) is 84.0 Å². The second kappa shape index (κ2) is 55.9. The van der Waals surface area contributed by atoms with Crippen LogP contribution in [0.1, 0.15) is 124 Å². The number of aliphatic hydroxyl groups excluding tert-OH is 1. The summed E-state index contributed by atoms with van der Waals surface area (Å²) in [6.07, 6.45) is 8.29. The summed E-state index contributed by atoms with van der Waals surface area (Å²) < 4.78 is 22.2. The van der Waals surface area contributed by atoms with Gasteiger partial charge in [0.05, 0.1) is 84.3 Å². The Hall–Kier alpha value is -11.7. The van der Waals surface area contributed by atoms with Crippen molar-refractivity contribution in [3.8, 4) is 12.3 Å². The molecule has 1 saturated heterocycles. The number of para-hydroxylation sites is 2. The van der Waals surface area contributed by atoms with Gasteiger partial charge in [-0.05, 0) is 80.5 Å². The number of benzene rings is 2. The number of rotatable bonds is 40. The number of nitrogens with zero attached hydrogens (tertiary/aromatic N) is 1. The van der Waals surface area contributed by atoms with Crippen LogP contribution in [0.5, 0.6) is 0 Å². The summed E-state index contributed by atoms with van der Waals surface area (Å²) in [6.45, 7) is 13.8. The molecular formula is C85H124N20O22S2. The van der Waals surface area contributed by atoms with Crippen molar-refractivity contribution in [3.63, 3.8) is 0 Å². The maximum atomic E-state index is 15.2. The number of primary amides is 1. The van der Waals surface area contributed by atoms with E-state index in [0.29, 0.717) is 84.3 Å². The lowest BCUT2D eigenvalue weighted by Crippen LogP contribution is -2.61. The van der Waals surface area contributed by atoms with Crippen molar-refractivity contribution >= 4 is 138 Å². The molecule has 0 radical (unpaired) electrons. The van der Waals surface area contributed by atoms with Crippen LogP contribution in [0.3, 0.4) is 0 Å². The van der Waals surface area contributed by atoms with Crippen LogP contribution in [0.2, 0.25) is 0 Å². The molecule has 0 spiro atoms. The summed E-state index contributed by atoms with van der Waals surface area (Å²) in [5.41, 5.74) is 14.2. The molecular weight excluding hydrogens is 1720 g/mol. The molecule has 6 rings (SSSR count). The van der Waals surface area contributed by atoms with E-state index in [-0.39, 0.29) is 89.4 Å². The predicted octanol–water partition coefficient (Wildman–Crippen LogP) is -2.44. The number of unbranched alkanes of at least 4 members (excludes halogenated alkanes) is 1. The second-order valence-electron chi connectivity index (χ2n) is 32.0. The van der Waals surface area contributed by atoms with Crippen LogP contribution in [0.15, 0.2) is 73.4 Å². The van der Waals surface area contributed by atoms with Gasteiger partial charge in [0, 0.05) is 109 Å². The van der Waals surface area contributed by atoms with Crippen LogP contribution in [0.4, 0.5) is 0 Å². The van der Waals surface area contributed by atoms with E-state index in [1.54, 1.807) is 102 Å². The molecule has 15 amide bonds. The minimum Gasteiger partial charge on any atom is -0.481 e. The van der Waals surface area contributed by atoms with Crippen molar-refractivity contribution < 1.29 is 106 Å². The molecule has 129 heavy (non-hydrogen) atoms. The first-order valence-corrected chi connectivity index (χ1v) is 45.2. The number of terminal acetylenes is 1. The number of aromatic nitrogens is 4. The van der Waals surface area contributed by atoms with E-state index in [1.165, 1.54) is 19.4 Å². The van der Waals surface area contributed by atoms with E-state index in [2.05, 4.69) is 100 Å². The highest BCUT2D eigenvalue weighted by Crippen LogP contribution is 2.26. The molecule has 44 heteroatoms. The van der Waals surface area contributed by atoms with Gasteiger partial charge in [0.15, 0.2) is 0 Å². The number of aliphatic hydroxyl groups is 1. The molecule has 4 heterocycles. The molecule has 0 unspecified atom stereocenters. The zero-order valence-electron chi connectivity index (χ0n) is 73.7. The van der Waals surface area contributed by atoms with E-state index in [1.807, 2.05) is 0 Å². The quantitative estimate of drug-likeness (QED) is 0.0110. The molecule has 1 aliphatic rings. The molecule has 1 aliphatic heterocycles. The summed E-state index contributed by atoms with van der Waals surface area (Å²) in [4.78, 5) is 240. The van der Waals surface area contributed by atoms with Crippen LogP contribution in [0.25, 0.3) is 21.8 Å². The van der Waals surface area contributed by atoms with Gasteiger partial charge >= 0.3 is 5.97 Å². The van der Waals surface area contributed by atoms with Gasteiger partial charge in [-0.1, -0.05) is 99.5 Å². The van der Waals surface area contributed by atoms with Gasteiger partial charge in [-0.15, -0.1) is 12.3 Å². The number of carboxylic acid groups (broad SMARTS) is 1. The molecule has 23 N–H and O–H groups in total. The number of H-pyrrole nitrogens is 3. The van der Waals surface area contributed by atoms with Gasteiger partial charge < -0.3 is 130 Å². The monoisotopic (exact) mass is 1840 g/mol. The van der Waals surface area contributed by atoms with E-state index in [0.717, 1.165) is 28.5 Å². The number of hydrogen-bond acceptors (Lipinski definition) is 25. The molecule has 1 fully saturated rings. The van der Waals surface area contributed by atoms with Crippen LogP contribution >= 0.6 is 21.6 Å². The summed E-state index contributed by atoms with van der Waals surface area (Å²) in [7, 11) is 1.60. The molecule has 0 aliphatic carbocycles. The van der Waals surface area contributed by atoms with E-state index < -0.39 is 211 Å². The Bertz CT molecular complexity index is 4600. The minimum absolute atomic E-state index is 0.000904.